The molecule has 0 saturated heterocycles. The van der Waals surface area contributed by atoms with E-state index < -0.39 is 0 Å². The number of fused-ring (bicyclic) bond motifs is 2. The quantitative estimate of drug-likeness (QED) is 0.0644. The summed E-state index contributed by atoms with van der Waals surface area (Å²) in [5.74, 6) is -0.145. The van der Waals surface area contributed by atoms with Crippen molar-refractivity contribution in [3.63, 3.8) is 0 Å². The second kappa shape index (κ2) is 9.78. The minimum absolute atomic E-state index is 0.0337. The zero-order valence-corrected chi connectivity index (χ0v) is 19.9. The molecule has 0 spiro atoms. The molecular weight excluding hydrogens is 480 g/mol. The number of hydrogen-bond acceptors (Lipinski definition) is 8. The molecule has 38 heavy (non-hydrogen) atoms. The van der Waals surface area contributed by atoms with E-state index in [1.165, 1.54) is 12.1 Å². The number of nitrogens with zero attached hydrogens (tertiary/aromatic N) is 4. The van der Waals surface area contributed by atoms with Crippen LogP contribution in [0.1, 0.15) is 11.1 Å². The van der Waals surface area contributed by atoms with Crippen LogP contribution in [-0.2, 0) is 0 Å². The van der Waals surface area contributed by atoms with Gasteiger partial charge in [-0.1, -0.05) is 12.1 Å². The normalized spacial score (nSPS) is 11.6. The number of phenolic OH excluding ortho intramolecular Hbond substituents is 2. The Morgan fingerprint density at radius 2 is 0.895 bits per heavy atom. The van der Waals surface area contributed by atoms with E-state index in [0.29, 0.717) is 44.6 Å². The van der Waals surface area contributed by atoms with E-state index in [2.05, 4.69) is 20.5 Å². The summed E-state index contributed by atoms with van der Waals surface area (Å²) in [7, 11) is 0. The minimum atomic E-state index is -0.0390. The van der Waals surface area contributed by atoms with Gasteiger partial charge in [-0.05, 0) is 83.6 Å². The van der Waals surface area contributed by atoms with Gasteiger partial charge in [0.25, 0.3) is 0 Å². The molecule has 0 aliphatic rings. The zero-order chi connectivity index (χ0) is 26.8. The average Bonchev–Trinajstić information content (AvgIpc) is 2.91. The molecule has 0 unspecified atom stereocenters. The molecule has 0 aliphatic heterocycles. The maximum absolute atomic E-state index is 10.5. The van der Waals surface area contributed by atoms with Crippen LogP contribution in [0.2, 0.25) is 0 Å². The Labute approximate surface area is 216 Å². The third-order valence-electron chi connectivity index (χ3n) is 5.95. The Morgan fingerprint density at radius 3 is 1.24 bits per heavy atom. The molecule has 0 radical (unpaired) electrons. The van der Waals surface area contributed by atoms with Crippen LogP contribution in [0, 0.1) is 10.8 Å². The fraction of sp³-hybridized carbons (Fsp3) is 0. The molecule has 0 fully saturated rings. The van der Waals surface area contributed by atoms with Gasteiger partial charge in [0.05, 0.1) is 11.4 Å². The molecule has 0 bridgehead atoms. The molecule has 5 aromatic carbocycles. The number of hydrogen-bond donors (Lipinski definition) is 6. The Morgan fingerprint density at radius 1 is 0.526 bits per heavy atom. The van der Waals surface area contributed by atoms with Crippen molar-refractivity contribution in [1.82, 2.24) is 0 Å². The SMILES string of the molecule is N=C(N)c1ccc(/N=N/c2c(O)ccc3cc4c(/N=N/c5ccc(C(=N)N)cc5)c(O)ccc4cc23)cc1. The van der Waals surface area contributed by atoms with E-state index in [4.69, 9.17) is 22.3 Å². The fourth-order valence-electron chi connectivity index (χ4n) is 3.93. The highest BCUT2D eigenvalue weighted by Crippen LogP contribution is 2.42. The number of nitrogen functional groups attached to an aromatic ring is 2. The first-order valence-corrected chi connectivity index (χ1v) is 11.4. The smallest absolute Gasteiger partial charge is 0.143 e. The molecule has 0 amide bonds. The van der Waals surface area contributed by atoms with Crippen molar-refractivity contribution < 1.29 is 10.2 Å². The molecule has 0 aromatic heterocycles. The van der Waals surface area contributed by atoms with Crippen molar-refractivity contribution in [2.45, 2.75) is 0 Å². The van der Waals surface area contributed by atoms with Crippen LogP contribution in [0.5, 0.6) is 11.5 Å². The molecule has 0 heterocycles. The van der Waals surface area contributed by atoms with E-state index in [9.17, 15) is 10.2 Å². The van der Waals surface area contributed by atoms with Gasteiger partial charge in [-0.25, -0.2) is 0 Å². The Bertz CT molecular complexity index is 1640. The molecular formula is C28H22N8O2. The lowest BCUT2D eigenvalue weighted by atomic mass is 10.0. The first-order valence-electron chi connectivity index (χ1n) is 11.4. The maximum Gasteiger partial charge on any atom is 0.143 e. The van der Waals surface area contributed by atoms with Gasteiger partial charge in [-0.2, -0.15) is 10.2 Å². The second-order valence-electron chi connectivity index (χ2n) is 8.48. The third-order valence-corrected chi connectivity index (χ3v) is 5.95. The van der Waals surface area contributed by atoms with Crippen LogP contribution in [0.25, 0.3) is 21.5 Å². The van der Waals surface area contributed by atoms with Gasteiger partial charge in [-0.15, -0.1) is 10.2 Å². The summed E-state index contributed by atoms with van der Waals surface area (Å²) >= 11 is 0. The van der Waals surface area contributed by atoms with E-state index in [-0.39, 0.29) is 23.2 Å². The lowest BCUT2D eigenvalue weighted by molar-refractivity contribution is 0.476. The molecule has 8 N–H and O–H groups in total. The number of rotatable bonds is 6. The van der Waals surface area contributed by atoms with E-state index in [1.54, 1.807) is 60.7 Å². The van der Waals surface area contributed by atoms with Gasteiger partial charge in [0.2, 0.25) is 0 Å². The van der Waals surface area contributed by atoms with Gasteiger partial charge in [0, 0.05) is 21.9 Å². The number of azo groups is 2. The van der Waals surface area contributed by atoms with Gasteiger partial charge >= 0.3 is 0 Å². The van der Waals surface area contributed by atoms with Crippen molar-refractivity contribution in [2.75, 3.05) is 0 Å². The summed E-state index contributed by atoms with van der Waals surface area (Å²) in [4.78, 5) is 0. The van der Waals surface area contributed by atoms with Crippen LogP contribution in [0.3, 0.4) is 0 Å². The summed E-state index contributed by atoms with van der Waals surface area (Å²) in [5, 5.41) is 56.0. The van der Waals surface area contributed by atoms with Crippen molar-refractivity contribution in [3.8, 4) is 11.5 Å². The summed E-state index contributed by atoms with van der Waals surface area (Å²) in [6.45, 7) is 0. The molecule has 0 saturated carbocycles. The number of amidine groups is 2. The monoisotopic (exact) mass is 502 g/mol. The van der Waals surface area contributed by atoms with Crippen LogP contribution < -0.4 is 11.5 Å². The molecule has 5 aromatic rings. The highest BCUT2D eigenvalue weighted by molar-refractivity contribution is 6.08. The first-order chi connectivity index (χ1) is 18.3. The Kier molecular flexibility index (Phi) is 6.20. The molecule has 186 valence electrons. The van der Waals surface area contributed by atoms with Gasteiger partial charge < -0.3 is 21.7 Å². The summed E-state index contributed by atoms with van der Waals surface area (Å²) < 4.78 is 0. The van der Waals surface area contributed by atoms with Crippen molar-refractivity contribution >= 4 is 56.0 Å². The summed E-state index contributed by atoms with van der Waals surface area (Å²) in [6, 6.07) is 23.7. The van der Waals surface area contributed by atoms with Crippen LogP contribution in [-0.4, -0.2) is 21.9 Å². The minimum Gasteiger partial charge on any atom is -0.506 e. The number of nitrogens with one attached hydrogen (secondary N) is 2. The Balaban J connectivity index is 1.55. The topological polar surface area (TPSA) is 190 Å². The van der Waals surface area contributed by atoms with Crippen LogP contribution >= 0.6 is 0 Å². The lowest BCUT2D eigenvalue weighted by Crippen LogP contribution is -2.10. The van der Waals surface area contributed by atoms with E-state index in [0.717, 1.165) is 10.8 Å². The van der Waals surface area contributed by atoms with E-state index in [1.807, 2.05) is 12.1 Å². The number of nitrogens with two attached hydrogens (primary N) is 2. The number of benzene rings is 5. The van der Waals surface area contributed by atoms with Crippen LogP contribution in [0.15, 0.2) is 105 Å². The van der Waals surface area contributed by atoms with Crippen molar-refractivity contribution in [2.24, 2.45) is 31.9 Å². The predicted octanol–water partition coefficient (Wildman–Crippen LogP) is 6.80. The van der Waals surface area contributed by atoms with Crippen molar-refractivity contribution in [1.29, 1.82) is 10.8 Å². The Hall–Kier alpha value is -5.64. The highest BCUT2D eigenvalue weighted by Gasteiger charge is 2.12. The summed E-state index contributed by atoms with van der Waals surface area (Å²) in [5.41, 5.74) is 13.8. The fourth-order valence-corrected chi connectivity index (χ4v) is 3.93. The van der Waals surface area contributed by atoms with Gasteiger partial charge in [0.15, 0.2) is 0 Å². The standard InChI is InChI=1S/C28H22N8O2/c29-27(30)15-1-7-19(8-2-15)33-35-25-21-13-18-6-12-24(38)26(22(18)14-17(21)5-11-23(25)37)36-34-20-9-3-16(4-10-20)28(31)32/h1-14,37-38H,(H3,29,30)(H3,31,32)/b35-33+,36-34+. The zero-order valence-electron chi connectivity index (χ0n) is 19.9. The third kappa shape index (κ3) is 4.73. The molecule has 0 aliphatic carbocycles. The predicted molar refractivity (Wildman–Crippen MR) is 148 cm³/mol. The molecule has 10 nitrogen and oxygen atoms in total. The highest BCUT2D eigenvalue weighted by atomic mass is 16.3. The van der Waals surface area contributed by atoms with Crippen LogP contribution in [0.4, 0.5) is 22.7 Å². The molecule has 0 atom stereocenters. The van der Waals surface area contributed by atoms with Gasteiger partial charge in [-0.3, -0.25) is 10.8 Å². The number of aromatic hydroxyl groups is 2. The average molecular weight is 503 g/mol. The van der Waals surface area contributed by atoms with Gasteiger partial charge in [0.1, 0.15) is 34.5 Å². The number of phenols is 2. The van der Waals surface area contributed by atoms with E-state index >= 15 is 0 Å². The molecule has 10 heteroatoms. The molecule has 5 rings (SSSR count). The largest absolute Gasteiger partial charge is 0.506 e. The summed E-state index contributed by atoms with van der Waals surface area (Å²) in [6.07, 6.45) is 0. The maximum atomic E-state index is 10.5. The lowest BCUT2D eigenvalue weighted by Gasteiger charge is -2.09. The first kappa shape index (κ1) is 24.1. The second-order valence-corrected chi connectivity index (χ2v) is 8.48. The van der Waals surface area contributed by atoms with Crippen molar-refractivity contribution in [3.05, 3.63) is 96.1 Å².